The molecule has 0 unspecified atom stereocenters. The van der Waals surface area contributed by atoms with Gasteiger partial charge in [0.15, 0.2) is 0 Å². The van der Waals surface area contributed by atoms with E-state index in [1.165, 1.54) is 11.8 Å². The van der Waals surface area contributed by atoms with E-state index in [4.69, 9.17) is 11.5 Å². The number of phenolic OH excluding ortho intramolecular Hbond substituents is 1. The number of phenols is 1. The molecule has 0 aromatic heterocycles. The standard InChI is InChI=1S/C27H35N5O5/c1-14-9-19(33)10-15(2)21(14)11-22(28)26(36)30-17(4)25(35)31-24-16(3)20-8-6-5-7-18(20)12-32(27(24)37)13-23(29)34/h5-10,16-17,22,24,33H,11-13,28H2,1-4H3,(H2,29,34)(H,30,36)(H,31,35)/t16-,17-,22+,24-/m1/s1. The molecule has 0 radical (unpaired) electrons. The van der Waals surface area contributed by atoms with Crippen LogP contribution in [0, 0.1) is 13.8 Å². The molecular formula is C27H35N5O5. The Morgan fingerprint density at radius 2 is 1.76 bits per heavy atom. The Bertz CT molecular complexity index is 1190. The van der Waals surface area contributed by atoms with Gasteiger partial charge >= 0.3 is 0 Å². The van der Waals surface area contributed by atoms with Crippen LogP contribution in [0.3, 0.4) is 0 Å². The maximum Gasteiger partial charge on any atom is 0.246 e. The second-order valence-electron chi connectivity index (χ2n) is 9.73. The summed E-state index contributed by atoms with van der Waals surface area (Å²) in [6, 6.07) is 7.82. The minimum Gasteiger partial charge on any atom is -0.508 e. The number of aromatic hydroxyl groups is 1. The molecule has 10 nitrogen and oxygen atoms in total. The summed E-state index contributed by atoms with van der Waals surface area (Å²) in [5.41, 5.74) is 15.7. The Balaban J connectivity index is 1.71. The number of nitrogens with zero attached hydrogens (tertiary/aromatic N) is 1. The number of nitrogens with two attached hydrogens (primary N) is 2. The van der Waals surface area contributed by atoms with Gasteiger partial charge in [-0.05, 0) is 67.1 Å². The van der Waals surface area contributed by atoms with Crippen molar-refractivity contribution in [3.8, 4) is 5.75 Å². The number of primary amides is 1. The van der Waals surface area contributed by atoms with Gasteiger partial charge in [0.2, 0.25) is 23.6 Å². The lowest BCUT2D eigenvalue weighted by atomic mass is 9.90. The summed E-state index contributed by atoms with van der Waals surface area (Å²) in [4.78, 5) is 52.1. The quantitative estimate of drug-likeness (QED) is 0.347. The van der Waals surface area contributed by atoms with Gasteiger partial charge in [0.1, 0.15) is 17.8 Å². The zero-order valence-corrected chi connectivity index (χ0v) is 21.6. The highest BCUT2D eigenvalue weighted by molar-refractivity contribution is 5.94. The number of hydrogen-bond donors (Lipinski definition) is 5. The first-order valence-corrected chi connectivity index (χ1v) is 12.2. The molecule has 198 valence electrons. The van der Waals surface area contributed by atoms with Crippen LogP contribution in [0.5, 0.6) is 5.75 Å². The maximum absolute atomic E-state index is 13.3. The molecule has 3 rings (SSSR count). The zero-order chi connectivity index (χ0) is 27.4. The summed E-state index contributed by atoms with van der Waals surface area (Å²) in [6.07, 6.45) is 0.231. The van der Waals surface area contributed by atoms with Gasteiger partial charge in [-0.2, -0.15) is 0 Å². The van der Waals surface area contributed by atoms with Gasteiger partial charge in [0, 0.05) is 12.5 Å². The SMILES string of the molecule is Cc1cc(O)cc(C)c1C[C@H](N)C(=O)N[C@H](C)C(=O)N[C@H]1C(=O)N(CC(N)=O)Cc2ccccc2[C@H]1C. The number of benzene rings is 2. The number of carbonyl (C=O) groups excluding carboxylic acids is 4. The fraction of sp³-hybridized carbons (Fsp3) is 0.407. The van der Waals surface area contributed by atoms with Crippen molar-refractivity contribution in [3.05, 3.63) is 64.2 Å². The zero-order valence-electron chi connectivity index (χ0n) is 21.6. The molecule has 0 fully saturated rings. The van der Waals surface area contributed by atoms with Crippen LogP contribution in [-0.4, -0.2) is 58.3 Å². The van der Waals surface area contributed by atoms with Crippen molar-refractivity contribution in [3.63, 3.8) is 0 Å². The highest BCUT2D eigenvalue weighted by atomic mass is 16.3. The van der Waals surface area contributed by atoms with Crippen LogP contribution in [0.4, 0.5) is 0 Å². The predicted octanol–water partition coefficient (Wildman–Crippen LogP) is 0.500. The topological polar surface area (TPSA) is 168 Å². The fourth-order valence-electron chi connectivity index (χ4n) is 4.77. The van der Waals surface area contributed by atoms with Crippen LogP contribution in [0.25, 0.3) is 0 Å². The smallest absolute Gasteiger partial charge is 0.246 e. The monoisotopic (exact) mass is 509 g/mol. The highest BCUT2D eigenvalue weighted by Gasteiger charge is 2.37. The van der Waals surface area contributed by atoms with Crippen LogP contribution in [0.1, 0.15) is 47.6 Å². The van der Waals surface area contributed by atoms with Gasteiger partial charge in [-0.25, -0.2) is 0 Å². The minimum absolute atomic E-state index is 0.140. The molecule has 37 heavy (non-hydrogen) atoms. The van der Waals surface area contributed by atoms with E-state index >= 15 is 0 Å². The Labute approximate surface area is 216 Å². The molecular weight excluding hydrogens is 474 g/mol. The third kappa shape index (κ3) is 6.45. The summed E-state index contributed by atoms with van der Waals surface area (Å²) in [7, 11) is 0. The van der Waals surface area contributed by atoms with Crippen molar-refractivity contribution in [1.82, 2.24) is 15.5 Å². The van der Waals surface area contributed by atoms with Gasteiger partial charge < -0.3 is 32.1 Å². The van der Waals surface area contributed by atoms with Crippen molar-refractivity contribution in [2.45, 2.75) is 64.7 Å². The van der Waals surface area contributed by atoms with Crippen molar-refractivity contribution in [1.29, 1.82) is 0 Å². The van der Waals surface area contributed by atoms with Crippen LogP contribution in [0.2, 0.25) is 0 Å². The molecule has 1 heterocycles. The fourth-order valence-corrected chi connectivity index (χ4v) is 4.77. The number of aryl methyl sites for hydroxylation is 2. The summed E-state index contributed by atoms with van der Waals surface area (Å²) in [5.74, 6) is -2.39. The van der Waals surface area contributed by atoms with Crippen LogP contribution in [-0.2, 0) is 32.1 Å². The summed E-state index contributed by atoms with van der Waals surface area (Å²) in [5, 5.41) is 15.1. The Morgan fingerprint density at radius 1 is 1.14 bits per heavy atom. The first kappa shape index (κ1) is 27.7. The van der Waals surface area contributed by atoms with Crippen LogP contribution in [0.15, 0.2) is 36.4 Å². The number of rotatable bonds is 8. The number of fused-ring (bicyclic) bond motifs is 1. The lowest BCUT2D eigenvalue weighted by Gasteiger charge is -2.28. The van der Waals surface area contributed by atoms with Crippen LogP contribution < -0.4 is 22.1 Å². The van der Waals surface area contributed by atoms with E-state index in [1.54, 1.807) is 12.1 Å². The molecule has 0 saturated carbocycles. The molecule has 0 spiro atoms. The average molecular weight is 510 g/mol. The first-order chi connectivity index (χ1) is 17.4. The molecule has 1 aliphatic heterocycles. The molecule has 2 aromatic carbocycles. The molecule has 4 amide bonds. The summed E-state index contributed by atoms with van der Waals surface area (Å²) < 4.78 is 0. The molecule has 0 bridgehead atoms. The van der Waals surface area contributed by atoms with Gasteiger partial charge in [0.25, 0.3) is 0 Å². The largest absolute Gasteiger partial charge is 0.508 e. The van der Waals surface area contributed by atoms with Crippen molar-refractivity contribution in [2.75, 3.05) is 6.54 Å². The number of nitrogens with one attached hydrogen (secondary N) is 2. The highest BCUT2D eigenvalue weighted by Crippen LogP contribution is 2.29. The molecule has 2 aromatic rings. The molecule has 0 aliphatic carbocycles. The number of carbonyl (C=O) groups is 4. The van der Waals surface area contributed by atoms with Crippen molar-refractivity contribution in [2.24, 2.45) is 11.5 Å². The minimum atomic E-state index is -0.969. The Kier molecular flexibility index (Phi) is 8.54. The van der Waals surface area contributed by atoms with Gasteiger partial charge in [-0.3, -0.25) is 19.2 Å². The Morgan fingerprint density at radius 3 is 2.38 bits per heavy atom. The lowest BCUT2D eigenvalue weighted by Crippen LogP contribution is -2.56. The van der Waals surface area contributed by atoms with Gasteiger partial charge in [0.05, 0.1) is 12.6 Å². The second-order valence-corrected chi connectivity index (χ2v) is 9.73. The molecule has 1 aliphatic rings. The van der Waals surface area contributed by atoms with E-state index in [1.807, 2.05) is 45.0 Å². The molecule has 4 atom stereocenters. The third-order valence-electron chi connectivity index (χ3n) is 6.82. The third-order valence-corrected chi connectivity index (χ3v) is 6.82. The summed E-state index contributed by atoms with van der Waals surface area (Å²) in [6.45, 7) is 6.92. The van der Waals surface area contributed by atoms with Crippen molar-refractivity contribution >= 4 is 23.6 Å². The van der Waals surface area contributed by atoms with E-state index in [2.05, 4.69) is 10.6 Å². The van der Waals surface area contributed by atoms with Gasteiger partial charge in [-0.15, -0.1) is 0 Å². The normalized spacial score (nSPS) is 18.8. The average Bonchev–Trinajstić information content (AvgIpc) is 2.91. The molecule has 7 N–H and O–H groups in total. The van der Waals surface area contributed by atoms with E-state index in [0.717, 1.165) is 27.8 Å². The van der Waals surface area contributed by atoms with Crippen molar-refractivity contribution < 1.29 is 24.3 Å². The van der Waals surface area contributed by atoms with E-state index < -0.39 is 41.8 Å². The Hall–Kier alpha value is -3.92. The van der Waals surface area contributed by atoms with Crippen LogP contribution >= 0.6 is 0 Å². The maximum atomic E-state index is 13.3. The molecule has 0 saturated heterocycles. The predicted molar refractivity (Wildman–Crippen MR) is 138 cm³/mol. The number of hydrogen-bond acceptors (Lipinski definition) is 6. The van der Waals surface area contributed by atoms with Gasteiger partial charge in [-0.1, -0.05) is 31.2 Å². The second kappa shape index (κ2) is 11.4. The van der Waals surface area contributed by atoms with E-state index in [0.29, 0.717) is 0 Å². The summed E-state index contributed by atoms with van der Waals surface area (Å²) >= 11 is 0. The molecule has 10 heteroatoms. The van der Waals surface area contributed by atoms with E-state index in [9.17, 15) is 24.3 Å². The first-order valence-electron chi connectivity index (χ1n) is 12.2. The number of amides is 4. The van der Waals surface area contributed by atoms with E-state index in [-0.39, 0.29) is 31.2 Å². The lowest BCUT2D eigenvalue weighted by molar-refractivity contribution is -0.140.